The van der Waals surface area contributed by atoms with E-state index in [1.807, 2.05) is 18.0 Å². The van der Waals surface area contributed by atoms with Gasteiger partial charge in [0.15, 0.2) is 6.19 Å². The lowest BCUT2D eigenvalue weighted by atomic mass is 10.2. The SMILES string of the molecule is CC1SCCC1NC#N. The van der Waals surface area contributed by atoms with Gasteiger partial charge in [-0.05, 0) is 12.2 Å². The van der Waals surface area contributed by atoms with E-state index in [0.717, 1.165) is 6.42 Å². The van der Waals surface area contributed by atoms with Crippen LogP contribution in [0.5, 0.6) is 0 Å². The van der Waals surface area contributed by atoms with Gasteiger partial charge in [-0.1, -0.05) is 6.92 Å². The zero-order chi connectivity index (χ0) is 6.69. The van der Waals surface area contributed by atoms with Crippen LogP contribution in [0, 0.1) is 11.5 Å². The molecule has 1 saturated heterocycles. The van der Waals surface area contributed by atoms with Gasteiger partial charge in [0.05, 0.1) is 0 Å². The van der Waals surface area contributed by atoms with Crippen LogP contribution in [0.2, 0.25) is 0 Å². The lowest BCUT2D eigenvalue weighted by Crippen LogP contribution is -2.29. The van der Waals surface area contributed by atoms with Crippen molar-refractivity contribution >= 4 is 11.8 Å². The number of nitrogens with one attached hydrogen (secondary N) is 1. The maximum Gasteiger partial charge on any atom is 0.176 e. The standard InChI is InChI=1S/C6H10N2S/c1-5-6(8-4-7)2-3-9-5/h5-6,8H,2-3H2,1H3. The molecule has 0 saturated carbocycles. The molecule has 0 aromatic carbocycles. The lowest BCUT2D eigenvalue weighted by Gasteiger charge is -2.10. The minimum Gasteiger partial charge on any atom is -0.320 e. The fourth-order valence-corrected chi connectivity index (χ4v) is 2.20. The van der Waals surface area contributed by atoms with Gasteiger partial charge in [0.1, 0.15) is 0 Å². The molecule has 0 bridgehead atoms. The molecule has 2 atom stereocenters. The Kier molecular flexibility index (Phi) is 2.23. The van der Waals surface area contributed by atoms with Crippen molar-refractivity contribution in [1.29, 1.82) is 5.26 Å². The fraction of sp³-hybridized carbons (Fsp3) is 0.833. The van der Waals surface area contributed by atoms with Crippen molar-refractivity contribution in [3.63, 3.8) is 0 Å². The summed E-state index contributed by atoms with van der Waals surface area (Å²) in [6.07, 6.45) is 3.12. The summed E-state index contributed by atoms with van der Waals surface area (Å²) in [5.74, 6) is 1.19. The Morgan fingerprint density at radius 2 is 2.56 bits per heavy atom. The second-order valence-corrected chi connectivity index (χ2v) is 3.71. The molecule has 1 heterocycles. The quantitative estimate of drug-likeness (QED) is 0.437. The summed E-state index contributed by atoms with van der Waals surface area (Å²) < 4.78 is 0. The number of thioether (sulfide) groups is 1. The molecule has 0 aliphatic carbocycles. The van der Waals surface area contributed by atoms with E-state index >= 15 is 0 Å². The Morgan fingerprint density at radius 1 is 1.78 bits per heavy atom. The van der Waals surface area contributed by atoms with Gasteiger partial charge in [0.25, 0.3) is 0 Å². The summed E-state index contributed by atoms with van der Waals surface area (Å²) in [6, 6.07) is 0.431. The van der Waals surface area contributed by atoms with Gasteiger partial charge in [-0.25, -0.2) is 0 Å². The van der Waals surface area contributed by atoms with Gasteiger partial charge >= 0.3 is 0 Å². The van der Waals surface area contributed by atoms with Crippen molar-refractivity contribution in [3.8, 4) is 6.19 Å². The highest BCUT2D eigenvalue weighted by molar-refractivity contribution is 8.00. The van der Waals surface area contributed by atoms with Crippen LogP contribution in [-0.2, 0) is 0 Å². The van der Waals surface area contributed by atoms with Crippen LogP contribution in [0.3, 0.4) is 0 Å². The molecule has 2 nitrogen and oxygen atoms in total. The minimum atomic E-state index is 0.431. The molecule has 1 rings (SSSR count). The molecular weight excluding hydrogens is 132 g/mol. The molecule has 1 aliphatic rings. The van der Waals surface area contributed by atoms with Gasteiger partial charge in [-0.15, -0.1) is 0 Å². The molecule has 0 aromatic heterocycles. The Morgan fingerprint density at radius 3 is 3.00 bits per heavy atom. The van der Waals surface area contributed by atoms with E-state index in [0.29, 0.717) is 11.3 Å². The van der Waals surface area contributed by atoms with Crippen molar-refractivity contribution < 1.29 is 0 Å². The molecule has 0 radical (unpaired) electrons. The number of nitriles is 1. The van der Waals surface area contributed by atoms with Crippen LogP contribution in [0.25, 0.3) is 0 Å². The van der Waals surface area contributed by atoms with Crippen molar-refractivity contribution in [2.24, 2.45) is 0 Å². The molecule has 1 fully saturated rings. The van der Waals surface area contributed by atoms with Crippen LogP contribution in [-0.4, -0.2) is 17.0 Å². The monoisotopic (exact) mass is 142 g/mol. The predicted molar refractivity (Wildman–Crippen MR) is 39.1 cm³/mol. The Balaban J connectivity index is 2.33. The second-order valence-electron chi connectivity index (χ2n) is 2.23. The summed E-state index contributed by atoms with van der Waals surface area (Å²) in [7, 11) is 0. The van der Waals surface area contributed by atoms with Crippen molar-refractivity contribution in [2.75, 3.05) is 5.75 Å². The summed E-state index contributed by atoms with van der Waals surface area (Å²) in [5, 5.41) is 11.7. The molecule has 9 heavy (non-hydrogen) atoms. The first-order valence-electron chi connectivity index (χ1n) is 3.11. The van der Waals surface area contributed by atoms with Crippen LogP contribution in [0.1, 0.15) is 13.3 Å². The Hall–Kier alpha value is -0.360. The largest absolute Gasteiger partial charge is 0.320 e. The minimum absolute atomic E-state index is 0.431. The molecule has 1 aliphatic heterocycles. The van der Waals surface area contributed by atoms with Gasteiger partial charge in [0.2, 0.25) is 0 Å². The zero-order valence-electron chi connectivity index (χ0n) is 5.42. The van der Waals surface area contributed by atoms with Crippen LogP contribution < -0.4 is 5.32 Å². The van der Waals surface area contributed by atoms with Crippen LogP contribution in [0.15, 0.2) is 0 Å². The van der Waals surface area contributed by atoms with Crippen LogP contribution in [0.4, 0.5) is 0 Å². The van der Waals surface area contributed by atoms with Gasteiger partial charge in [-0.2, -0.15) is 17.0 Å². The highest BCUT2D eigenvalue weighted by atomic mass is 32.2. The maximum atomic E-state index is 8.27. The molecule has 50 valence electrons. The smallest absolute Gasteiger partial charge is 0.176 e. The number of rotatable bonds is 1. The van der Waals surface area contributed by atoms with Crippen LogP contribution >= 0.6 is 11.8 Å². The summed E-state index contributed by atoms with van der Waals surface area (Å²) >= 11 is 1.93. The van der Waals surface area contributed by atoms with E-state index in [4.69, 9.17) is 5.26 Å². The van der Waals surface area contributed by atoms with Crippen molar-refractivity contribution in [1.82, 2.24) is 5.32 Å². The molecule has 3 heteroatoms. The Bertz CT molecular complexity index is 130. The second kappa shape index (κ2) is 2.98. The topological polar surface area (TPSA) is 35.8 Å². The normalized spacial score (nSPS) is 33.8. The summed E-state index contributed by atoms with van der Waals surface area (Å²) in [6.45, 7) is 2.16. The number of nitrogens with zero attached hydrogens (tertiary/aromatic N) is 1. The molecule has 0 spiro atoms. The van der Waals surface area contributed by atoms with E-state index in [9.17, 15) is 0 Å². The zero-order valence-corrected chi connectivity index (χ0v) is 6.24. The third kappa shape index (κ3) is 1.52. The van der Waals surface area contributed by atoms with Gasteiger partial charge < -0.3 is 5.32 Å². The molecule has 1 N–H and O–H groups in total. The first-order valence-corrected chi connectivity index (χ1v) is 4.15. The van der Waals surface area contributed by atoms with Crippen molar-refractivity contribution in [3.05, 3.63) is 0 Å². The third-order valence-corrected chi connectivity index (χ3v) is 2.95. The number of hydrogen-bond donors (Lipinski definition) is 1. The van der Waals surface area contributed by atoms with Crippen molar-refractivity contribution in [2.45, 2.75) is 24.6 Å². The first-order chi connectivity index (χ1) is 4.34. The molecule has 0 aromatic rings. The molecule has 0 amide bonds. The van der Waals surface area contributed by atoms with E-state index in [1.165, 1.54) is 5.75 Å². The highest BCUT2D eigenvalue weighted by Crippen LogP contribution is 2.25. The third-order valence-electron chi connectivity index (χ3n) is 1.63. The maximum absolute atomic E-state index is 8.27. The fourth-order valence-electron chi connectivity index (χ4n) is 1.00. The van der Waals surface area contributed by atoms with E-state index < -0.39 is 0 Å². The Labute approximate surface area is 59.6 Å². The molecule has 2 unspecified atom stereocenters. The molecular formula is C6H10N2S. The van der Waals surface area contributed by atoms with E-state index in [2.05, 4.69) is 12.2 Å². The summed E-state index contributed by atoms with van der Waals surface area (Å²) in [4.78, 5) is 0. The average Bonchev–Trinajstić information content (AvgIpc) is 2.18. The number of hydrogen-bond acceptors (Lipinski definition) is 3. The van der Waals surface area contributed by atoms with E-state index in [1.54, 1.807) is 0 Å². The highest BCUT2D eigenvalue weighted by Gasteiger charge is 2.22. The predicted octanol–water partition coefficient (Wildman–Crippen LogP) is 0.951. The van der Waals surface area contributed by atoms with E-state index in [-0.39, 0.29) is 0 Å². The first kappa shape index (κ1) is 6.76. The summed E-state index contributed by atoms with van der Waals surface area (Å²) in [5.41, 5.74) is 0. The average molecular weight is 142 g/mol. The lowest BCUT2D eigenvalue weighted by molar-refractivity contribution is 0.598. The van der Waals surface area contributed by atoms with Gasteiger partial charge in [0, 0.05) is 11.3 Å². The van der Waals surface area contributed by atoms with Gasteiger partial charge in [-0.3, -0.25) is 0 Å².